The molecule has 0 aromatic heterocycles. The quantitative estimate of drug-likeness (QED) is 0.746. The van der Waals surface area contributed by atoms with E-state index in [0.717, 1.165) is 22.3 Å². The van der Waals surface area contributed by atoms with Gasteiger partial charge in [0.15, 0.2) is 0 Å². The maximum Gasteiger partial charge on any atom is 0.112 e. The Bertz CT molecular complexity index is 691. The Morgan fingerprint density at radius 3 is 2.32 bits per heavy atom. The highest BCUT2D eigenvalue weighted by Crippen LogP contribution is 2.36. The van der Waals surface area contributed by atoms with Gasteiger partial charge in [-0.1, -0.05) is 85.5 Å². The van der Waals surface area contributed by atoms with Crippen LogP contribution < -0.4 is 0 Å². The summed E-state index contributed by atoms with van der Waals surface area (Å²) in [6.07, 6.45) is 7.45. The molecule has 0 aliphatic rings. The first kappa shape index (κ1) is 16.0. The summed E-state index contributed by atoms with van der Waals surface area (Å²) in [4.78, 5) is 0. The summed E-state index contributed by atoms with van der Waals surface area (Å²) >= 11 is 0. The lowest BCUT2D eigenvalue weighted by molar-refractivity contribution is 0.102. The molecule has 1 N–H and O–H groups in total. The lowest BCUT2D eigenvalue weighted by Crippen LogP contribution is -2.24. The molecule has 2 aromatic rings. The van der Waals surface area contributed by atoms with Gasteiger partial charge in [0, 0.05) is 0 Å². The molecule has 0 saturated carbocycles. The number of aliphatic hydroxyl groups is 1. The van der Waals surface area contributed by atoms with Crippen LogP contribution in [0.5, 0.6) is 0 Å². The maximum absolute atomic E-state index is 11.1. The molecule has 2 aromatic carbocycles. The Hall–Kier alpha value is -2.38. The van der Waals surface area contributed by atoms with Gasteiger partial charge in [-0.2, -0.15) is 0 Å². The molecule has 0 spiro atoms. The first-order valence-corrected chi connectivity index (χ1v) is 7.44. The molecule has 2 rings (SSSR count). The van der Waals surface area contributed by atoms with E-state index in [0.29, 0.717) is 0 Å². The van der Waals surface area contributed by atoms with Gasteiger partial charge in [-0.25, -0.2) is 0 Å². The van der Waals surface area contributed by atoms with Crippen LogP contribution in [-0.4, -0.2) is 5.11 Å². The molecule has 1 atom stereocenters. The highest BCUT2D eigenvalue weighted by Gasteiger charge is 2.28. The molecular formula is C21H22O. The van der Waals surface area contributed by atoms with Crippen LogP contribution in [0.25, 0.3) is 11.1 Å². The zero-order chi connectivity index (χ0) is 16.0. The number of benzene rings is 2. The summed E-state index contributed by atoms with van der Waals surface area (Å²) in [5, 5.41) is 11.1. The van der Waals surface area contributed by atoms with Gasteiger partial charge in [0.25, 0.3) is 0 Å². The average molecular weight is 290 g/mol. The third-order valence-electron chi connectivity index (χ3n) is 3.79. The van der Waals surface area contributed by atoms with Crippen molar-refractivity contribution >= 4 is 0 Å². The standard InChI is InChI=1S/C21H22O/c1-4-6-14-18(5-2)21(3,22)20-16-11-10-15-19(20)17-12-8-7-9-13-17/h4-16,22H,2H2,1,3H3/b6-4-,18-14+. The number of allylic oxidation sites excluding steroid dienone is 3. The number of hydrogen-bond acceptors (Lipinski definition) is 1. The van der Waals surface area contributed by atoms with Crippen LogP contribution in [0.1, 0.15) is 19.4 Å². The van der Waals surface area contributed by atoms with Crippen LogP contribution >= 0.6 is 0 Å². The van der Waals surface area contributed by atoms with E-state index in [1.807, 2.05) is 74.5 Å². The average Bonchev–Trinajstić information content (AvgIpc) is 2.56. The van der Waals surface area contributed by atoms with Crippen molar-refractivity contribution in [3.63, 3.8) is 0 Å². The predicted molar refractivity (Wildman–Crippen MR) is 94.5 cm³/mol. The second-order valence-corrected chi connectivity index (χ2v) is 5.34. The zero-order valence-corrected chi connectivity index (χ0v) is 13.2. The molecule has 1 nitrogen and oxygen atoms in total. The van der Waals surface area contributed by atoms with Crippen molar-refractivity contribution in [3.05, 3.63) is 96.6 Å². The van der Waals surface area contributed by atoms with Crippen molar-refractivity contribution in [3.8, 4) is 11.1 Å². The van der Waals surface area contributed by atoms with E-state index in [9.17, 15) is 5.11 Å². The highest BCUT2D eigenvalue weighted by atomic mass is 16.3. The SMILES string of the molecule is C=C/C(=C\C=C/C)C(C)(O)c1ccccc1-c1ccccc1. The molecule has 22 heavy (non-hydrogen) atoms. The smallest absolute Gasteiger partial charge is 0.112 e. The molecule has 0 aliphatic heterocycles. The topological polar surface area (TPSA) is 20.2 Å². The first-order valence-electron chi connectivity index (χ1n) is 7.44. The molecule has 0 bridgehead atoms. The molecule has 0 fully saturated rings. The van der Waals surface area contributed by atoms with Crippen molar-refractivity contribution in [2.24, 2.45) is 0 Å². The maximum atomic E-state index is 11.1. The fourth-order valence-electron chi connectivity index (χ4n) is 2.56. The normalized spacial score (nSPS) is 14.8. The fourth-order valence-corrected chi connectivity index (χ4v) is 2.56. The van der Waals surface area contributed by atoms with Gasteiger partial charge >= 0.3 is 0 Å². The van der Waals surface area contributed by atoms with Gasteiger partial charge in [-0.05, 0) is 36.1 Å². The molecular weight excluding hydrogens is 268 g/mol. The minimum absolute atomic E-state index is 0.772. The van der Waals surface area contributed by atoms with E-state index in [1.165, 1.54) is 0 Å². The Balaban J connectivity index is 2.59. The van der Waals surface area contributed by atoms with E-state index < -0.39 is 5.60 Å². The highest BCUT2D eigenvalue weighted by molar-refractivity contribution is 5.69. The molecule has 0 saturated heterocycles. The van der Waals surface area contributed by atoms with Crippen LogP contribution in [0, 0.1) is 0 Å². The van der Waals surface area contributed by atoms with Crippen LogP contribution in [-0.2, 0) is 5.60 Å². The van der Waals surface area contributed by atoms with E-state index in [4.69, 9.17) is 0 Å². The Kier molecular flexibility index (Phi) is 5.13. The Labute approximate surface area is 132 Å². The van der Waals surface area contributed by atoms with Crippen molar-refractivity contribution in [1.29, 1.82) is 0 Å². The van der Waals surface area contributed by atoms with Crippen LogP contribution in [0.2, 0.25) is 0 Å². The van der Waals surface area contributed by atoms with E-state index in [1.54, 1.807) is 6.08 Å². The second-order valence-electron chi connectivity index (χ2n) is 5.34. The first-order chi connectivity index (χ1) is 10.6. The van der Waals surface area contributed by atoms with Gasteiger partial charge < -0.3 is 5.11 Å². The monoisotopic (exact) mass is 290 g/mol. The molecule has 1 heteroatoms. The number of rotatable bonds is 5. The Morgan fingerprint density at radius 2 is 1.68 bits per heavy atom. The van der Waals surface area contributed by atoms with Gasteiger partial charge in [-0.15, -0.1) is 0 Å². The van der Waals surface area contributed by atoms with Crippen molar-refractivity contribution in [2.75, 3.05) is 0 Å². The summed E-state index contributed by atoms with van der Waals surface area (Å²) in [5.74, 6) is 0. The largest absolute Gasteiger partial charge is 0.381 e. The lowest BCUT2D eigenvalue weighted by atomic mass is 9.83. The fraction of sp³-hybridized carbons (Fsp3) is 0.143. The van der Waals surface area contributed by atoms with E-state index in [2.05, 4.69) is 18.7 Å². The molecule has 0 heterocycles. The molecule has 0 amide bonds. The van der Waals surface area contributed by atoms with E-state index >= 15 is 0 Å². The van der Waals surface area contributed by atoms with Crippen LogP contribution in [0.4, 0.5) is 0 Å². The predicted octanol–water partition coefficient (Wildman–Crippen LogP) is 5.25. The molecule has 1 unspecified atom stereocenters. The second kappa shape index (κ2) is 7.06. The van der Waals surface area contributed by atoms with Crippen molar-refractivity contribution in [2.45, 2.75) is 19.4 Å². The third-order valence-corrected chi connectivity index (χ3v) is 3.79. The lowest BCUT2D eigenvalue weighted by Gasteiger charge is -2.28. The Morgan fingerprint density at radius 1 is 1.05 bits per heavy atom. The van der Waals surface area contributed by atoms with Crippen LogP contribution in [0.15, 0.2) is 91.1 Å². The van der Waals surface area contributed by atoms with Crippen molar-refractivity contribution in [1.82, 2.24) is 0 Å². The van der Waals surface area contributed by atoms with Gasteiger partial charge in [0.05, 0.1) is 0 Å². The van der Waals surface area contributed by atoms with E-state index in [-0.39, 0.29) is 0 Å². The summed E-state index contributed by atoms with van der Waals surface area (Å²) in [6, 6.07) is 18.1. The van der Waals surface area contributed by atoms with Gasteiger partial charge in [0.1, 0.15) is 5.60 Å². The van der Waals surface area contributed by atoms with Gasteiger partial charge in [-0.3, -0.25) is 0 Å². The summed E-state index contributed by atoms with van der Waals surface area (Å²) in [5.41, 5.74) is 2.66. The minimum atomic E-state index is -1.10. The van der Waals surface area contributed by atoms with Crippen LogP contribution in [0.3, 0.4) is 0 Å². The van der Waals surface area contributed by atoms with Gasteiger partial charge in [0.2, 0.25) is 0 Å². The molecule has 112 valence electrons. The summed E-state index contributed by atoms with van der Waals surface area (Å²) < 4.78 is 0. The zero-order valence-electron chi connectivity index (χ0n) is 13.2. The molecule has 0 aliphatic carbocycles. The summed E-state index contributed by atoms with van der Waals surface area (Å²) in [7, 11) is 0. The number of hydrogen-bond donors (Lipinski definition) is 1. The minimum Gasteiger partial charge on any atom is -0.381 e. The van der Waals surface area contributed by atoms with Crippen molar-refractivity contribution < 1.29 is 5.11 Å². The molecule has 0 radical (unpaired) electrons. The third kappa shape index (κ3) is 3.26. The summed E-state index contributed by atoms with van der Waals surface area (Å²) in [6.45, 7) is 7.61.